The van der Waals surface area contributed by atoms with Crippen LogP contribution in [0.4, 0.5) is 0 Å². The molecule has 100 valence electrons. The lowest BCUT2D eigenvalue weighted by Gasteiger charge is -2.08. The quantitative estimate of drug-likeness (QED) is 0.617. The van der Waals surface area contributed by atoms with Crippen LogP contribution in [0.1, 0.15) is 5.56 Å². The van der Waals surface area contributed by atoms with Crippen LogP contribution in [0.2, 0.25) is 5.02 Å². The SMILES string of the molecule is CN(C)CCOC(=O)/C=C/c1ccccc1Cl.Cl. The number of carbonyl (C=O) groups is 1. The van der Waals surface area contributed by atoms with Gasteiger partial charge in [0.25, 0.3) is 0 Å². The van der Waals surface area contributed by atoms with Gasteiger partial charge in [0.05, 0.1) is 0 Å². The van der Waals surface area contributed by atoms with Crippen molar-refractivity contribution in [2.45, 2.75) is 0 Å². The predicted molar refractivity (Wildman–Crippen MR) is 77.2 cm³/mol. The van der Waals surface area contributed by atoms with Crippen LogP contribution in [0.3, 0.4) is 0 Å². The number of esters is 1. The van der Waals surface area contributed by atoms with Gasteiger partial charge in [0.2, 0.25) is 0 Å². The van der Waals surface area contributed by atoms with Crippen molar-refractivity contribution in [2.24, 2.45) is 0 Å². The van der Waals surface area contributed by atoms with E-state index in [2.05, 4.69) is 0 Å². The fraction of sp³-hybridized carbons (Fsp3) is 0.308. The molecule has 0 aliphatic carbocycles. The van der Waals surface area contributed by atoms with E-state index in [-0.39, 0.29) is 18.4 Å². The standard InChI is InChI=1S/C13H16ClNO2.ClH/c1-15(2)9-10-17-13(16)8-7-11-5-3-4-6-12(11)14;/h3-8H,9-10H2,1-2H3;1H/b8-7+;. The van der Waals surface area contributed by atoms with Gasteiger partial charge in [-0.3, -0.25) is 0 Å². The molecule has 5 heteroatoms. The topological polar surface area (TPSA) is 29.5 Å². The fourth-order valence-corrected chi connectivity index (χ4v) is 1.34. The number of carbonyl (C=O) groups excluding carboxylic acids is 1. The van der Waals surface area contributed by atoms with Crippen molar-refractivity contribution in [2.75, 3.05) is 27.2 Å². The largest absolute Gasteiger partial charge is 0.461 e. The Morgan fingerprint density at radius 1 is 1.39 bits per heavy atom. The Morgan fingerprint density at radius 2 is 2.06 bits per heavy atom. The molecule has 3 nitrogen and oxygen atoms in total. The number of halogens is 2. The van der Waals surface area contributed by atoms with Gasteiger partial charge in [-0.25, -0.2) is 4.79 Å². The van der Waals surface area contributed by atoms with Crippen molar-refractivity contribution in [1.82, 2.24) is 4.90 Å². The molecule has 0 saturated carbocycles. The molecule has 0 radical (unpaired) electrons. The molecular weight excluding hydrogens is 273 g/mol. The molecule has 18 heavy (non-hydrogen) atoms. The van der Waals surface area contributed by atoms with E-state index in [1.165, 1.54) is 6.08 Å². The number of rotatable bonds is 5. The monoisotopic (exact) mass is 289 g/mol. The van der Waals surface area contributed by atoms with E-state index in [9.17, 15) is 4.79 Å². The molecule has 0 aliphatic rings. The highest BCUT2D eigenvalue weighted by molar-refractivity contribution is 6.32. The summed E-state index contributed by atoms with van der Waals surface area (Å²) in [6.07, 6.45) is 3.04. The van der Waals surface area contributed by atoms with E-state index in [1.807, 2.05) is 37.2 Å². The second kappa shape index (κ2) is 8.97. The lowest BCUT2D eigenvalue weighted by atomic mass is 10.2. The summed E-state index contributed by atoms with van der Waals surface area (Å²) in [5.74, 6) is -0.355. The minimum atomic E-state index is -0.355. The molecule has 0 spiro atoms. The van der Waals surface area contributed by atoms with Crippen LogP contribution in [0.25, 0.3) is 6.08 Å². The van der Waals surface area contributed by atoms with E-state index in [4.69, 9.17) is 16.3 Å². The van der Waals surface area contributed by atoms with Gasteiger partial charge in [0.1, 0.15) is 6.61 Å². The van der Waals surface area contributed by atoms with Gasteiger partial charge >= 0.3 is 5.97 Å². The molecule has 0 fully saturated rings. The van der Waals surface area contributed by atoms with Gasteiger partial charge in [-0.2, -0.15) is 0 Å². The maximum absolute atomic E-state index is 11.3. The Balaban J connectivity index is 0.00000289. The third kappa shape index (κ3) is 6.64. The Kier molecular flexibility index (Phi) is 8.46. The van der Waals surface area contributed by atoms with E-state index in [0.29, 0.717) is 18.2 Å². The van der Waals surface area contributed by atoms with Gasteiger partial charge in [-0.15, -0.1) is 12.4 Å². The molecule has 0 aliphatic heterocycles. The van der Waals surface area contributed by atoms with Crippen LogP contribution in [0, 0.1) is 0 Å². The first kappa shape index (κ1) is 17.0. The number of ether oxygens (including phenoxy) is 1. The first-order chi connectivity index (χ1) is 8.09. The highest BCUT2D eigenvalue weighted by Gasteiger charge is 1.99. The molecular formula is C13H17Cl2NO2. The third-order valence-electron chi connectivity index (χ3n) is 2.09. The number of hydrogen-bond acceptors (Lipinski definition) is 3. The highest BCUT2D eigenvalue weighted by atomic mass is 35.5. The van der Waals surface area contributed by atoms with Gasteiger partial charge in [-0.05, 0) is 31.8 Å². The lowest BCUT2D eigenvalue weighted by molar-refractivity contribution is -0.137. The van der Waals surface area contributed by atoms with Crippen LogP contribution < -0.4 is 0 Å². The van der Waals surface area contributed by atoms with Gasteiger partial charge in [0, 0.05) is 17.6 Å². The van der Waals surface area contributed by atoms with Crippen molar-refractivity contribution in [3.8, 4) is 0 Å². The van der Waals surface area contributed by atoms with Crippen LogP contribution in [-0.2, 0) is 9.53 Å². The zero-order chi connectivity index (χ0) is 12.7. The van der Waals surface area contributed by atoms with Crippen LogP contribution >= 0.6 is 24.0 Å². The number of nitrogens with zero attached hydrogens (tertiary/aromatic N) is 1. The highest BCUT2D eigenvalue weighted by Crippen LogP contribution is 2.16. The minimum absolute atomic E-state index is 0. The second-order valence-corrected chi connectivity index (χ2v) is 4.23. The van der Waals surface area contributed by atoms with Gasteiger partial charge < -0.3 is 9.64 Å². The van der Waals surface area contributed by atoms with E-state index < -0.39 is 0 Å². The predicted octanol–water partition coefficient (Wildman–Crippen LogP) is 2.88. The molecule has 1 aromatic rings. The first-order valence-electron chi connectivity index (χ1n) is 5.33. The number of likely N-dealkylation sites (N-methyl/N-ethyl adjacent to an activating group) is 1. The van der Waals surface area contributed by atoms with Crippen LogP contribution in [-0.4, -0.2) is 38.1 Å². The van der Waals surface area contributed by atoms with E-state index in [0.717, 1.165) is 5.56 Å². The molecule has 1 aromatic carbocycles. The summed E-state index contributed by atoms with van der Waals surface area (Å²) in [5, 5.41) is 0.616. The summed E-state index contributed by atoms with van der Waals surface area (Å²) in [6, 6.07) is 7.32. The summed E-state index contributed by atoms with van der Waals surface area (Å²) >= 11 is 5.94. The number of benzene rings is 1. The van der Waals surface area contributed by atoms with Gasteiger partial charge in [0.15, 0.2) is 0 Å². The fourth-order valence-electron chi connectivity index (χ4n) is 1.15. The van der Waals surface area contributed by atoms with Crippen molar-refractivity contribution >= 4 is 36.1 Å². The molecule has 0 N–H and O–H groups in total. The van der Waals surface area contributed by atoms with Crippen LogP contribution in [0.15, 0.2) is 30.3 Å². The van der Waals surface area contributed by atoms with E-state index >= 15 is 0 Å². The first-order valence-corrected chi connectivity index (χ1v) is 5.71. The van der Waals surface area contributed by atoms with Crippen LogP contribution in [0.5, 0.6) is 0 Å². The Hall–Kier alpha value is -1.03. The van der Waals surface area contributed by atoms with Gasteiger partial charge in [-0.1, -0.05) is 29.8 Å². The molecule has 0 heterocycles. The summed E-state index contributed by atoms with van der Waals surface area (Å²) in [7, 11) is 3.85. The van der Waals surface area contributed by atoms with Crippen molar-refractivity contribution < 1.29 is 9.53 Å². The minimum Gasteiger partial charge on any atom is -0.461 e. The second-order valence-electron chi connectivity index (χ2n) is 3.83. The summed E-state index contributed by atoms with van der Waals surface area (Å²) in [5.41, 5.74) is 0.804. The summed E-state index contributed by atoms with van der Waals surface area (Å²) < 4.78 is 5.00. The van der Waals surface area contributed by atoms with Crippen molar-refractivity contribution in [3.63, 3.8) is 0 Å². The zero-order valence-electron chi connectivity index (χ0n) is 10.4. The molecule has 0 amide bonds. The smallest absolute Gasteiger partial charge is 0.330 e. The average Bonchev–Trinajstić information content (AvgIpc) is 2.27. The summed E-state index contributed by atoms with van der Waals surface area (Å²) in [6.45, 7) is 1.10. The number of hydrogen-bond donors (Lipinski definition) is 0. The maximum atomic E-state index is 11.3. The summed E-state index contributed by atoms with van der Waals surface area (Å²) in [4.78, 5) is 13.3. The average molecular weight is 290 g/mol. The zero-order valence-corrected chi connectivity index (χ0v) is 12.0. The Labute approximate surface area is 119 Å². The van der Waals surface area contributed by atoms with Crippen molar-refractivity contribution in [1.29, 1.82) is 0 Å². The van der Waals surface area contributed by atoms with E-state index in [1.54, 1.807) is 12.1 Å². The van der Waals surface area contributed by atoms with Crippen molar-refractivity contribution in [3.05, 3.63) is 40.9 Å². The molecule has 0 unspecified atom stereocenters. The Morgan fingerprint density at radius 3 is 2.67 bits per heavy atom. The molecule has 0 atom stereocenters. The maximum Gasteiger partial charge on any atom is 0.330 e. The normalized spacial score (nSPS) is 10.4. The Bertz CT molecular complexity index is 406. The lowest BCUT2D eigenvalue weighted by Crippen LogP contribution is -2.19. The molecule has 0 bridgehead atoms. The molecule has 1 rings (SSSR count). The molecule has 0 saturated heterocycles. The molecule has 0 aromatic heterocycles. The third-order valence-corrected chi connectivity index (χ3v) is 2.43.